The Morgan fingerprint density at radius 2 is 1.81 bits per heavy atom. The Kier molecular flexibility index (Phi) is 7.34. The molecule has 0 bridgehead atoms. The Bertz CT molecular complexity index is 741. The van der Waals surface area contributed by atoms with Crippen LogP contribution in [0.5, 0.6) is 11.5 Å². The minimum absolute atomic E-state index is 0.134. The van der Waals surface area contributed by atoms with Crippen molar-refractivity contribution >= 4 is 28.3 Å². The molecule has 140 valence electrons. The first-order valence-corrected chi connectivity index (χ1v) is 9.00. The van der Waals surface area contributed by atoms with Crippen LogP contribution in [0.25, 0.3) is 0 Å². The number of aromatic nitrogens is 2. The second-order valence-electron chi connectivity index (χ2n) is 5.41. The molecule has 0 fully saturated rings. The van der Waals surface area contributed by atoms with Gasteiger partial charge in [-0.1, -0.05) is 18.3 Å². The monoisotopic (exact) mass is 378 g/mol. The topological polar surface area (TPSA) is 102 Å². The predicted octanol–water partition coefficient (Wildman–Crippen LogP) is 2.27. The van der Waals surface area contributed by atoms with Crippen molar-refractivity contribution < 1.29 is 19.1 Å². The van der Waals surface area contributed by atoms with Crippen LogP contribution in [0.3, 0.4) is 0 Å². The molecule has 1 heterocycles. The molecule has 2 aromatic rings. The van der Waals surface area contributed by atoms with Crippen LogP contribution in [0.1, 0.15) is 35.1 Å². The summed E-state index contributed by atoms with van der Waals surface area (Å²) in [7, 11) is 3.03. The Labute approximate surface area is 155 Å². The zero-order valence-electron chi connectivity index (χ0n) is 15.0. The van der Waals surface area contributed by atoms with Gasteiger partial charge in [0.25, 0.3) is 5.91 Å². The number of ether oxygens (including phenoxy) is 2. The van der Waals surface area contributed by atoms with Crippen molar-refractivity contribution in [2.45, 2.75) is 26.2 Å². The lowest BCUT2D eigenvalue weighted by atomic mass is 10.2. The lowest BCUT2D eigenvalue weighted by molar-refractivity contribution is -0.116. The van der Waals surface area contributed by atoms with E-state index in [4.69, 9.17) is 9.47 Å². The van der Waals surface area contributed by atoms with Gasteiger partial charge in [-0.15, -0.1) is 10.2 Å². The van der Waals surface area contributed by atoms with Crippen LogP contribution in [-0.4, -0.2) is 42.8 Å². The molecule has 0 unspecified atom stereocenters. The van der Waals surface area contributed by atoms with Crippen LogP contribution >= 0.6 is 11.3 Å². The van der Waals surface area contributed by atoms with Gasteiger partial charge in [-0.3, -0.25) is 9.59 Å². The molecule has 0 aliphatic carbocycles. The first-order chi connectivity index (χ1) is 12.5. The molecule has 2 rings (SSSR count). The van der Waals surface area contributed by atoms with E-state index in [2.05, 4.69) is 27.8 Å². The standard InChI is InChI=1S/C17H22N4O4S/c1-4-5-15-20-21-17(26-15)19-14(22)6-7-18-16(23)11-8-12(24-2)10-13(9-11)25-3/h8-10H,4-7H2,1-3H3,(H,18,23)(H,19,21,22). The highest BCUT2D eigenvalue weighted by Crippen LogP contribution is 2.22. The van der Waals surface area contributed by atoms with Crippen LogP contribution < -0.4 is 20.1 Å². The van der Waals surface area contributed by atoms with Crippen molar-refractivity contribution in [3.8, 4) is 11.5 Å². The fourth-order valence-electron chi connectivity index (χ4n) is 2.13. The molecule has 9 heteroatoms. The quantitative estimate of drug-likeness (QED) is 0.694. The predicted molar refractivity (Wildman–Crippen MR) is 99.0 cm³/mol. The van der Waals surface area contributed by atoms with E-state index in [-0.39, 0.29) is 24.8 Å². The Balaban J connectivity index is 1.82. The van der Waals surface area contributed by atoms with Crippen molar-refractivity contribution in [2.24, 2.45) is 0 Å². The molecular weight excluding hydrogens is 356 g/mol. The number of hydrogen-bond donors (Lipinski definition) is 2. The van der Waals surface area contributed by atoms with Crippen molar-refractivity contribution in [3.05, 3.63) is 28.8 Å². The maximum absolute atomic E-state index is 12.2. The average Bonchev–Trinajstić information content (AvgIpc) is 3.08. The molecule has 0 aliphatic rings. The Morgan fingerprint density at radius 3 is 2.42 bits per heavy atom. The second kappa shape index (κ2) is 9.71. The summed E-state index contributed by atoms with van der Waals surface area (Å²) in [4.78, 5) is 24.2. The van der Waals surface area contributed by atoms with E-state index < -0.39 is 0 Å². The molecule has 1 aromatic carbocycles. The molecule has 8 nitrogen and oxygen atoms in total. The van der Waals surface area contributed by atoms with Crippen molar-refractivity contribution in [3.63, 3.8) is 0 Å². The number of aryl methyl sites for hydroxylation is 1. The maximum atomic E-state index is 12.2. The van der Waals surface area contributed by atoms with Gasteiger partial charge in [0, 0.05) is 31.0 Å². The van der Waals surface area contributed by atoms with E-state index in [1.165, 1.54) is 25.6 Å². The fraction of sp³-hybridized carbons (Fsp3) is 0.412. The molecule has 0 saturated heterocycles. The zero-order valence-corrected chi connectivity index (χ0v) is 15.8. The second-order valence-corrected chi connectivity index (χ2v) is 6.47. The third kappa shape index (κ3) is 5.69. The summed E-state index contributed by atoms with van der Waals surface area (Å²) < 4.78 is 10.3. The van der Waals surface area contributed by atoms with E-state index in [0.717, 1.165) is 17.8 Å². The van der Waals surface area contributed by atoms with Gasteiger partial charge in [0.1, 0.15) is 16.5 Å². The summed E-state index contributed by atoms with van der Waals surface area (Å²) in [6.45, 7) is 2.26. The summed E-state index contributed by atoms with van der Waals surface area (Å²) in [5.41, 5.74) is 0.398. The third-order valence-corrected chi connectivity index (χ3v) is 4.33. The summed E-state index contributed by atoms with van der Waals surface area (Å²) in [6.07, 6.45) is 1.95. The fourth-order valence-corrected chi connectivity index (χ4v) is 2.99. The number of rotatable bonds is 9. The highest BCUT2D eigenvalue weighted by atomic mass is 32.1. The average molecular weight is 378 g/mol. The molecule has 0 saturated carbocycles. The van der Waals surface area contributed by atoms with E-state index in [9.17, 15) is 9.59 Å². The summed E-state index contributed by atoms with van der Waals surface area (Å²) in [5.74, 6) is 0.502. The Hall–Kier alpha value is -2.68. The largest absolute Gasteiger partial charge is 0.497 e. The van der Waals surface area contributed by atoms with Crippen molar-refractivity contribution in [1.29, 1.82) is 0 Å². The van der Waals surface area contributed by atoms with Gasteiger partial charge in [-0.05, 0) is 18.6 Å². The number of anilines is 1. The highest BCUT2D eigenvalue weighted by Gasteiger charge is 2.11. The number of benzene rings is 1. The third-order valence-electron chi connectivity index (χ3n) is 3.43. The van der Waals surface area contributed by atoms with E-state index in [1.807, 2.05) is 0 Å². The van der Waals surface area contributed by atoms with Gasteiger partial charge >= 0.3 is 0 Å². The number of nitrogens with one attached hydrogen (secondary N) is 2. The van der Waals surface area contributed by atoms with E-state index >= 15 is 0 Å². The van der Waals surface area contributed by atoms with Crippen LogP contribution in [0.4, 0.5) is 5.13 Å². The lowest BCUT2D eigenvalue weighted by Crippen LogP contribution is -2.27. The van der Waals surface area contributed by atoms with Gasteiger partial charge < -0.3 is 20.1 Å². The van der Waals surface area contributed by atoms with Gasteiger partial charge in [0.15, 0.2) is 0 Å². The number of carbonyl (C=O) groups is 2. The number of carbonyl (C=O) groups excluding carboxylic acids is 2. The molecule has 0 radical (unpaired) electrons. The molecule has 0 aliphatic heterocycles. The summed E-state index contributed by atoms with van der Waals surface area (Å²) in [6, 6.07) is 4.89. The van der Waals surface area contributed by atoms with Gasteiger partial charge in [-0.2, -0.15) is 0 Å². The smallest absolute Gasteiger partial charge is 0.251 e. The number of amides is 2. The van der Waals surface area contributed by atoms with Crippen molar-refractivity contribution in [1.82, 2.24) is 15.5 Å². The SMILES string of the molecule is CCCc1nnc(NC(=O)CCNC(=O)c2cc(OC)cc(OC)c2)s1. The molecule has 0 spiro atoms. The molecule has 1 aromatic heterocycles. The van der Waals surface area contributed by atoms with Crippen LogP contribution in [0.2, 0.25) is 0 Å². The maximum Gasteiger partial charge on any atom is 0.251 e. The van der Waals surface area contributed by atoms with Gasteiger partial charge in [0.2, 0.25) is 11.0 Å². The van der Waals surface area contributed by atoms with Crippen LogP contribution in [0.15, 0.2) is 18.2 Å². The molecule has 26 heavy (non-hydrogen) atoms. The minimum atomic E-state index is -0.309. The van der Waals surface area contributed by atoms with Crippen molar-refractivity contribution in [2.75, 3.05) is 26.1 Å². The molecular formula is C17H22N4O4S. The molecule has 2 amide bonds. The first kappa shape index (κ1) is 19.6. The van der Waals surface area contributed by atoms with E-state index in [0.29, 0.717) is 22.2 Å². The number of methoxy groups -OCH3 is 2. The number of hydrogen-bond acceptors (Lipinski definition) is 7. The van der Waals surface area contributed by atoms with Gasteiger partial charge in [-0.25, -0.2) is 0 Å². The Morgan fingerprint density at radius 1 is 1.12 bits per heavy atom. The van der Waals surface area contributed by atoms with E-state index in [1.54, 1.807) is 18.2 Å². The lowest BCUT2D eigenvalue weighted by Gasteiger charge is -2.09. The normalized spacial score (nSPS) is 10.3. The molecule has 2 N–H and O–H groups in total. The van der Waals surface area contributed by atoms with Crippen LogP contribution in [0, 0.1) is 0 Å². The van der Waals surface area contributed by atoms with Crippen LogP contribution in [-0.2, 0) is 11.2 Å². The highest BCUT2D eigenvalue weighted by molar-refractivity contribution is 7.15. The molecule has 0 atom stereocenters. The van der Waals surface area contributed by atoms with Gasteiger partial charge in [0.05, 0.1) is 14.2 Å². The number of nitrogens with zero attached hydrogens (tertiary/aromatic N) is 2. The minimum Gasteiger partial charge on any atom is -0.497 e. The summed E-state index contributed by atoms with van der Waals surface area (Å²) >= 11 is 1.36. The summed E-state index contributed by atoms with van der Waals surface area (Å²) in [5, 5.41) is 14.7. The zero-order chi connectivity index (χ0) is 18.9. The first-order valence-electron chi connectivity index (χ1n) is 8.19.